The highest BCUT2D eigenvalue weighted by Gasteiger charge is 2.22. The number of amidine groups is 1. The van der Waals surface area contributed by atoms with Crippen LogP contribution in [0.15, 0.2) is 41.4 Å². The van der Waals surface area contributed by atoms with Gasteiger partial charge in [-0.3, -0.25) is 5.41 Å². The summed E-state index contributed by atoms with van der Waals surface area (Å²) in [5, 5.41) is 8.48. The smallest absolute Gasteiger partial charge is 0.288 e. The Balaban J connectivity index is 1.71. The summed E-state index contributed by atoms with van der Waals surface area (Å²) in [6.45, 7) is 1.65. The molecule has 1 fully saturated rings. The first-order chi connectivity index (χ1) is 14.4. The first-order valence-corrected chi connectivity index (χ1v) is 9.33. The third kappa shape index (κ3) is 4.02. The molecular weight excluding hydrogens is 397 g/mol. The fourth-order valence-electron chi connectivity index (χ4n) is 3.42. The molecule has 1 aromatic heterocycles. The zero-order chi connectivity index (χ0) is 21.3. The van der Waals surface area contributed by atoms with Gasteiger partial charge in [0.15, 0.2) is 0 Å². The molecule has 2 aromatic carbocycles. The van der Waals surface area contributed by atoms with Gasteiger partial charge in [-0.05, 0) is 42.3 Å². The van der Waals surface area contributed by atoms with Crippen molar-refractivity contribution >= 4 is 22.8 Å². The number of fused-ring (bicyclic) bond motifs is 1. The summed E-state index contributed by atoms with van der Waals surface area (Å²) in [5.41, 5.74) is 6.64. The van der Waals surface area contributed by atoms with Gasteiger partial charge in [0, 0.05) is 30.5 Å². The van der Waals surface area contributed by atoms with E-state index < -0.39 is 23.3 Å². The molecule has 156 valence electrons. The van der Waals surface area contributed by atoms with Crippen molar-refractivity contribution in [3.63, 3.8) is 0 Å². The molecule has 2 heterocycles. The maximum Gasteiger partial charge on any atom is 0.288 e. The average molecular weight is 416 g/mol. The normalized spacial score (nSPS) is 16.9. The summed E-state index contributed by atoms with van der Waals surface area (Å²) in [6.07, 6.45) is 0.865. The molecule has 0 amide bonds. The van der Waals surface area contributed by atoms with Gasteiger partial charge in [0.05, 0.1) is 23.4 Å². The van der Waals surface area contributed by atoms with E-state index in [0.29, 0.717) is 25.3 Å². The quantitative estimate of drug-likeness (QED) is 0.444. The lowest BCUT2D eigenvalue weighted by molar-refractivity contribution is 0.187. The molecule has 1 aliphatic heterocycles. The molecule has 1 saturated heterocycles. The summed E-state index contributed by atoms with van der Waals surface area (Å²) < 4.78 is 52.2. The van der Waals surface area contributed by atoms with E-state index in [1.807, 2.05) is 0 Å². The molecule has 30 heavy (non-hydrogen) atoms. The van der Waals surface area contributed by atoms with Crippen LogP contribution in [-0.4, -0.2) is 36.7 Å². The van der Waals surface area contributed by atoms with Crippen molar-refractivity contribution in [2.24, 2.45) is 16.6 Å². The van der Waals surface area contributed by atoms with Gasteiger partial charge in [-0.15, -0.1) is 0 Å². The monoisotopic (exact) mass is 416 g/mol. The Morgan fingerprint density at radius 2 is 1.97 bits per heavy atom. The minimum Gasteiger partial charge on any atom is -0.407 e. The molecule has 0 bridgehead atoms. The Morgan fingerprint density at radius 1 is 1.20 bits per heavy atom. The van der Waals surface area contributed by atoms with Crippen LogP contribution in [0.1, 0.15) is 12.0 Å². The van der Waals surface area contributed by atoms with Crippen LogP contribution >= 0.6 is 0 Å². The number of H-pyrrole nitrogens is 1. The number of rotatable bonds is 4. The van der Waals surface area contributed by atoms with E-state index in [9.17, 15) is 13.2 Å². The molecule has 0 radical (unpaired) electrons. The van der Waals surface area contributed by atoms with Crippen LogP contribution in [-0.2, 0) is 9.47 Å². The van der Waals surface area contributed by atoms with Gasteiger partial charge in [-0.2, -0.15) is 0 Å². The highest BCUT2D eigenvalue weighted by Crippen LogP contribution is 2.33. The Morgan fingerprint density at radius 3 is 2.67 bits per heavy atom. The van der Waals surface area contributed by atoms with Crippen LogP contribution in [0, 0.1) is 28.8 Å². The van der Waals surface area contributed by atoms with Gasteiger partial charge in [0.1, 0.15) is 17.5 Å². The van der Waals surface area contributed by atoms with E-state index in [4.69, 9.17) is 20.6 Å². The van der Waals surface area contributed by atoms with Crippen molar-refractivity contribution in [3.05, 3.63) is 59.4 Å². The molecule has 0 spiro atoms. The number of nitrogens with two attached hydrogens (primary N) is 1. The Bertz CT molecular complexity index is 1120. The van der Waals surface area contributed by atoms with Crippen LogP contribution in [0.2, 0.25) is 0 Å². The number of nitrogens with zero attached hydrogens (tertiary/aromatic N) is 1. The number of hydrogen-bond donors (Lipinski definition) is 3. The maximum atomic E-state index is 14.3. The van der Waals surface area contributed by atoms with Crippen LogP contribution in [0.25, 0.3) is 22.2 Å². The van der Waals surface area contributed by atoms with E-state index in [1.165, 1.54) is 24.3 Å². The second-order valence-corrected chi connectivity index (χ2v) is 7.03. The molecule has 1 atom stereocenters. The van der Waals surface area contributed by atoms with Gasteiger partial charge in [0.25, 0.3) is 6.02 Å². The highest BCUT2D eigenvalue weighted by molar-refractivity contribution is 6.13. The average Bonchev–Trinajstić information content (AvgIpc) is 3.34. The second-order valence-electron chi connectivity index (χ2n) is 7.03. The van der Waals surface area contributed by atoms with Crippen molar-refractivity contribution in [2.75, 3.05) is 19.8 Å². The second kappa shape index (κ2) is 8.19. The van der Waals surface area contributed by atoms with Gasteiger partial charge in [-0.25, -0.2) is 18.2 Å². The maximum absolute atomic E-state index is 14.3. The summed E-state index contributed by atoms with van der Waals surface area (Å²) >= 11 is 0. The van der Waals surface area contributed by atoms with Gasteiger partial charge >= 0.3 is 0 Å². The van der Waals surface area contributed by atoms with Gasteiger partial charge < -0.3 is 20.2 Å². The number of aromatic amines is 1. The summed E-state index contributed by atoms with van der Waals surface area (Å²) in [6, 6.07) is 6.98. The lowest BCUT2D eigenvalue weighted by atomic mass is 10.0. The zero-order valence-electron chi connectivity index (χ0n) is 15.8. The Kier molecular flexibility index (Phi) is 5.45. The number of benzene rings is 2. The fraction of sp³-hybridized carbons (Fsp3) is 0.238. The first-order valence-electron chi connectivity index (χ1n) is 9.33. The van der Waals surface area contributed by atoms with Crippen LogP contribution in [0.4, 0.5) is 13.2 Å². The Hall–Kier alpha value is -3.33. The highest BCUT2D eigenvalue weighted by atomic mass is 19.1. The van der Waals surface area contributed by atoms with Gasteiger partial charge in [-0.1, -0.05) is 0 Å². The van der Waals surface area contributed by atoms with Gasteiger partial charge in [0.2, 0.25) is 5.90 Å². The summed E-state index contributed by atoms with van der Waals surface area (Å²) in [5.74, 6) is -2.29. The van der Waals surface area contributed by atoms with E-state index in [2.05, 4.69) is 9.98 Å². The largest absolute Gasteiger partial charge is 0.407 e. The number of hydrogen-bond acceptors (Lipinski definition) is 4. The third-order valence-electron chi connectivity index (χ3n) is 4.92. The van der Waals surface area contributed by atoms with Crippen LogP contribution in [0.5, 0.6) is 0 Å². The van der Waals surface area contributed by atoms with Crippen molar-refractivity contribution in [2.45, 2.75) is 6.42 Å². The third-order valence-corrected chi connectivity index (χ3v) is 4.92. The standard InChI is InChI=1S/C21H19F3N4O2/c22-13-3-1-12(2-4-13)18-17(15-7-14(23)8-16(24)19(15)28-18)20(25)30-21(26)27-9-11-5-6-29-10-11/h1-4,7-8,11,25,28H,5-6,9-10H2,(H2,26,27). The van der Waals surface area contributed by atoms with E-state index in [-0.39, 0.29) is 34.1 Å². The molecule has 9 heteroatoms. The minimum absolute atomic E-state index is 0.00214. The summed E-state index contributed by atoms with van der Waals surface area (Å²) in [4.78, 5) is 6.97. The molecule has 0 aliphatic carbocycles. The van der Waals surface area contributed by atoms with Crippen molar-refractivity contribution in [1.29, 1.82) is 5.41 Å². The van der Waals surface area contributed by atoms with Crippen molar-refractivity contribution < 1.29 is 22.6 Å². The predicted molar refractivity (Wildman–Crippen MR) is 107 cm³/mol. The van der Waals surface area contributed by atoms with E-state index in [1.54, 1.807) is 0 Å². The minimum atomic E-state index is -0.824. The number of ether oxygens (including phenoxy) is 2. The predicted octanol–water partition coefficient (Wildman–Crippen LogP) is 3.95. The SMILES string of the molecule is N=C(OC(N)=NCC1CCOC1)c1c(-c2ccc(F)cc2)[nH]c2c(F)cc(F)cc12. The van der Waals surface area contributed by atoms with Crippen LogP contribution < -0.4 is 5.73 Å². The number of nitrogens with one attached hydrogen (secondary N) is 2. The molecule has 1 aliphatic rings. The molecular formula is C21H19F3N4O2. The molecule has 4 rings (SSSR count). The topological polar surface area (TPSA) is 96.5 Å². The van der Waals surface area contributed by atoms with E-state index >= 15 is 0 Å². The molecule has 1 unspecified atom stereocenters. The first kappa shape index (κ1) is 20.0. The summed E-state index contributed by atoms with van der Waals surface area (Å²) in [7, 11) is 0. The number of aromatic nitrogens is 1. The molecule has 6 nitrogen and oxygen atoms in total. The van der Waals surface area contributed by atoms with Crippen molar-refractivity contribution in [3.8, 4) is 11.3 Å². The number of halogens is 3. The lowest BCUT2D eigenvalue weighted by Crippen LogP contribution is -2.22. The van der Waals surface area contributed by atoms with E-state index in [0.717, 1.165) is 18.6 Å². The zero-order valence-corrected chi connectivity index (χ0v) is 15.8. The van der Waals surface area contributed by atoms with Crippen molar-refractivity contribution in [1.82, 2.24) is 4.98 Å². The van der Waals surface area contributed by atoms with Crippen LogP contribution in [0.3, 0.4) is 0 Å². The lowest BCUT2D eigenvalue weighted by Gasteiger charge is -2.09. The fourth-order valence-corrected chi connectivity index (χ4v) is 3.42. The molecule has 4 N–H and O–H groups in total. The number of aliphatic imine (C=N–C) groups is 1. The Labute approximate surface area is 170 Å². The molecule has 0 saturated carbocycles. The molecule has 3 aromatic rings.